The predicted molar refractivity (Wildman–Crippen MR) is 63.6 cm³/mol. The van der Waals surface area contributed by atoms with E-state index in [4.69, 9.17) is 9.47 Å². The van der Waals surface area contributed by atoms with Gasteiger partial charge in [-0.15, -0.1) is 0 Å². The van der Waals surface area contributed by atoms with Gasteiger partial charge in [0.2, 0.25) is 0 Å². The van der Waals surface area contributed by atoms with Crippen molar-refractivity contribution >= 4 is 12.1 Å². The lowest BCUT2D eigenvalue weighted by atomic mass is 10.1. The van der Waals surface area contributed by atoms with E-state index in [1.165, 1.54) is 4.90 Å². The number of carbonyl (C=O) groups is 2. The summed E-state index contributed by atoms with van der Waals surface area (Å²) >= 11 is 0. The number of nitrogens with zero attached hydrogens (tertiary/aromatic N) is 1. The zero-order chi connectivity index (χ0) is 13.0. The first-order valence-corrected chi connectivity index (χ1v) is 5.87. The lowest BCUT2D eigenvalue weighted by molar-refractivity contribution is -0.146. The second-order valence-electron chi connectivity index (χ2n) is 4.00. The molecule has 5 heteroatoms. The van der Waals surface area contributed by atoms with Crippen LogP contribution in [0, 0.1) is 0 Å². The monoisotopic (exact) mass is 249 g/mol. The first-order valence-electron chi connectivity index (χ1n) is 5.87. The molecule has 0 aromatic heterocycles. The van der Waals surface area contributed by atoms with Crippen LogP contribution in [0.25, 0.3) is 0 Å². The Bertz CT molecular complexity index is 432. The summed E-state index contributed by atoms with van der Waals surface area (Å²) in [5.74, 6) is -0.328. The van der Waals surface area contributed by atoms with Crippen molar-refractivity contribution in [2.75, 3.05) is 13.3 Å². The summed E-state index contributed by atoms with van der Waals surface area (Å²) < 4.78 is 10.1. The highest BCUT2D eigenvalue weighted by Crippen LogP contribution is 2.25. The molecule has 1 amide bonds. The van der Waals surface area contributed by atoms with Crippen LogP contribution in [0.5, 0.6) is 0 Å². The lowest BCUT2D eigenvalue weighted by Crippen LogP contribution is -2.28. The summed E-state index contributed by atoms with van der Waals surface area (Å²) in [6, 6.07) is 9.49. The van der Waals surface area contributed by atoms with Crippen molar-refractivity contribution in [1.29, 1.82) is 0 Å². The molecule has 1 aliphatic heterocycles. The van der Waals surface area contributed by atoms with Crippen molar-refractivity contribution in [3.8, 4) is 0 Å². The number of hydrogen-bond donors (Lipinski definition) is 0. The van der Waals surface area contributed by atoms with Gasteiger partial charge >= 0.3 is 12.1 Å². The van der Waals surface area contributed by atoms with E-state index in [2.05, 4.69) is 0 Å². The van der Waals surface area contributed by atoms with Crippen LogP contribution in [-0.2, 0) is 14.3 Å². The van der Waals surface area contributed by atoms with Crippen molar-refractivity contribution < 1.29 is 19.1 Å². The molecule has 18 heavy (non-hydrogen) atoms. The Labute approximate surface area is 105 Å². The highest BCUT2D eigenvalue weighted by Gasteiger charge is 2.32. The normalized spacial score (nSPS) is 18.6. The molecule has 0 radical (unpaired) electrons. The Balaban J connectivity index is 1.93. The zero-order valence-corrected chi connectivity index (χ0v) is 10.2. The van der Waals surface area contributed by atoms with Crippen molar-refractivity contribution in [3.05, 3.63) is 35.9 Å². The summed E-state index contributed by atoms with van der Waals surface area (Å²) in [6.07, 6.45) is -0.447. The van der Waals surface area contributed by atoms with E-state index in [0.717, 1.165) is 5.56 Å². The van der Waals surface area contributed by atoms with Crippen molar-refractivity contribution in [1.82, 2.24) is 4.90 Å². The summed E-state index contributed by atoms with van der Waals surface area (Å²) in [7, 11) is 0. The van der Waals surface area contributed by atoms with Gasteiger partial charge in [-0.1, -0.05) is 37.3 Å². The first-order chi connectivity index (χ1) is 8.70. The molecular weight excluding hydrogens is 234 g/mol. The van der Waals surface area contributed by atoms with Crippen LogP contribution in [0.15, 0.2) is 30.3 Å². The molecule has 5 nitrogen and oxygen atoms in total. The van der Waals surface area contributed by atoms with E-state index in [0.29, 0.717) is 13.0 Å². The molecule has 1 heterocycles. The molecule has 1 atom stereocenters. The van der Waals surface area contributed by atoms with Crippen LogP contribution in [0.2, 0.25) is 0 Å². The molecular formula is C13H15NO4. The number of rotatable bonds is 4. The first kappa shape index (κ1) is 12.4. The fraction of sp³-hybridized carbons (Fsp3) is 0.385. The zero-order valence-electron chi connectivity index (χ0n) is 10.2. The second-order valence-corrected chi connectivity index (χ2v) is 4.00. The Morgan fingerprint density at radius 2 is 2.17 bits per heavy atom. The molecule has 0 N–H and O–H groups in total. The fourth-order valence-corrected chi connectivity index (χ4v) is 1.71. The number of cyclic esters (lactones) is 1. The maximum Gasteiger partial charge on any atom is 0.413 e. The summed E-state index contributed by atoms with van der Waals surface area (Å²) in [5, 5.41) is 0. The van der Waals surface area contributed by atoms with Gasteiger partial charge in [0.15, 0.2) is 6.73 Å². The molecule has 1 aliphatic rings. The Morgan fingerprint density at radius 3 is 2.83 bits per heavy atom. The van der Waals surface area contributed by atoms with Crippen LogP contribution < -0.4 is 0 Å². The van der Waals surface area contributed by atoms with Gasteiger partial charge in [-0.25, -0.2) is 4.79 Å². The lowest BCUT2D eigenvalue weighted by Gasteiger charge is -2.12. The third-order valence-corrected chi connectivity index (χ3v) is 2.73. The molecule has 1 saturated heterocycles. The van der Waals surface area contributed by atoms with Crippen LogP contribution >= 0.6 is 0 Å². The standard InChI is InChI=1S/C13H15NO4/c1-2-12(15)17-9-14-8-11(18-13(14)16)10-6-4-3-5-7-10/h3-7,11H,2,8-9H2,1H3/t11-/m1/s1. The average molecular weight is 249 g/mol. The van der Waals surface area contributed by atoms with Gasteiger partial charge in [0.1, 0.15) is 6.10 Å². The van der Waals surface area contributed by atoms with Gasteiger partial charge in [0, 0.05) is 6.42 Å². The third kappa shape index (κ3) is 2.80. The minimum Gasteiger partial charge on any atom is -0.444 e. The van der Waals surface area contributed by atoms with E-state index in [1.807, 2.05) is 30.3 Å². The second kappa shape index (κ2) is 5.53. The highest BCUT2D eigenvalue weighted by molar-refractivity contribution is 5.71. The van der Waals surface area contributed by atoms with Crippen molar-refractivity contribution in [2.45, 2.75) is 19.4 Å². The summed E-state index contributed by atoms with van der Waals surface area (Å²) in [5.41, 5.74) is 0.940. The Hall–Kier alpha value is -2.04. The molecule has 0 spiro atoms. The highest BCUT2D eigenvalue weighted by atomic mass is 16.6. The van der Waals surface area contributed by atoms with Crippen molar-refractivity contribution in [2.24, 2.45) is 0 Å². The molecule has 1 fully saturated rings. The number of esters is 1. The molecule has 0 aliphatic carbocycles. The van der Waals surface area contributed by atoms with E-state index in [-0.39, 0.29) is 18.8 Å². The predicted octanol–water partition coefficient (Wildman–Crippen LogP) is 2.09. The smallest absolute Gasteiger partial charge is 0.413 e. The number of ether oxygens (including phenoxy) is 2. The SMILES string of the molecule is CCC(=O)OCN1C[C@H](c2ccccc2)OC1=O. The molecule has 0 saturated carbocycles. The number of amides is 1. The van der Waals surface area contributed by atoms with E-state index in [9.17, 15) is 9.59 Å². The van der Waals surface area contributed by atoms with E-state index < -0.39 is 6.09 Å². The maximum atomic E-state index is 11.6. The minimum atomic E-state index is -0.451. The third-order valence-electron chi connectivity index (χ3n) is 2.73. The molecule has 96 valence electrons. The van der Waals surface area contributed by atoms with Gasteiger partial charge in [-0.05, 0) is 5.56 Å². The van der Waals surface area contributed by atoms with Crippen LogP contribution in [0.1, 0.15) is 25.0 Å². The van der Waals surface area contributed by atoms with E-state index in [1.54, 1.807) is 6.92 Å². The van der Waals surface area contributed by atoms with Crippen LogP contribution in [0.4, 0.5) is 4.79 Å². The molecule has 1 aromatic rings. The van der Waals surface area contributed by atoms with Gasteiger partial charge in [-0.3, -0.25) is 9.69 Å². The molecule has 2 rings (SSSR count). The van der Waals surface area contributed by atoms with Crippen molar-refractivity contribution in [3.63, 3.8) is 0 Å². The topological polar surface area (TPSA) is 55.8 Å². The Kier molecular flexibility index (Phi) is 3.82. The molecule has 1 aromatic carbocycles. The molecule has 0 unspecified atom stereocenters. The quantitative estimate of drug-likeness (QED) is 0.767. The Morgan fingerprint density at radius 1 is 1.44 bits per heavy atom. The average Bonchev–Trinajstić information content (AvgIpc) is 2.78. The fourth-order valence-electron chi connectivity index (χ4n) is 1.71. The number of hydrogen-bond acceptors (Lipinski definition) is 4. The number of benzene rings is 1. The summed E-state index contributed by atoms with van der Waals surface area (Å²) in [6.45, 7) is 2.06. The van der Waals surface area contributed by atoms with Gasteiger partial charge in [0.25, 0.3) is 0 Å². The largest absolute Gasteiger partial charge is 0.444 e. The number of carbonyl (C=O) groups excluding carboxylic acids is 2. The maximum absolute atomic E-state index is 11.6. The van der Waals surface area contributed by atoms with Gasteiger partial charge < -0.3 is 9.47 Å². The van der Waals surface area contributed by atoms with Crippen LogP contribution in [-0.4, -0.2) is 30.2 Å². The summed E-state index contributed by atoms with van der Waals surface area (Å²) in [4.78, 5) is 24.0. The minimum absolute atomic E-state index is 0.0468. The van der Waals surface area contributed by atoms with E-state index >= 15 is 0 Å². The van der Waals surface area contributed by atoms with Gasteiger partial charge in [-0.2, -0.15) is 0 Å². The van der Waals surface area contributed by atoms with Gasteiger partial charge in [0.05, 0.1) is 6.54 Å². The van der Waals surface area contributed by atoms with Crippen LogP contribution in [0.3, 0.4) is 0 Å². The molecule has 0 bridgehead atoms.